The standard InChI is InChI=1S/C16H17F3N2O3/c1-2-9-4-3-5-10-8-11-13(24-15(23)16(17,18)19)20-6-7-21(11)14(22)12(9)10/h3-5,11,13,20H,2,6-8H2,1H3/t11-,13?/m1/s1. The number of benzene rings is 1. The average molecular weight is 342 g/mol. The molecule has 5 nitrogen and oxygen atoms in total. The van der Waals surface area contributed by atoms with Gasteiger partial charge in [0.2, 0.25) is 0 Å². The van der Waals surface area contributed by atoms with Crippen LogP contribution in [0.25, 0.3) is 0 Å². The fraction of sp³-hybridized carbons (Fsp3) is 0.500. The normalized spacial score (nSPS) is 23.5. The fourth-order valence-corrected chi connectivity index (χ4v) is 3.33. The molecule has 2 aliphatic rings. The molecule has 0 aliphatic carbocycles. The van der Waals surface area contributed by atoms with Crippen molar-refractivity contribution < 1.29 is 27.5 Å². The summed E-state index contributed by atoms with van der Waals surface area (Å²) in [4.78, 5) is 25.4. The monoisotopic (exact) mass is 342 g/mol. The van der Waals surface area contributed by atoms with Gasteiger partial charge in [-0.05, 0) is 24.0 Å². The van der Waals surface area contributed by atoms with Gasteiger partial charge in [0, 0.05) is 18.7 Å². The number of alkyl halides is 3. The lowest BCUT2D eigenvalue weighted by Crippen LogP contribution is -2.63. The van der Waals surface area contributed by atoms with E-state index in [4.69, 9.17) is 0 Å². The molecule has 1 unspecified atom stereocenters. The Morgan fingerprint density at radius 1 is 1.42 bits per heavy atom. The lowest BCUT2D eigenvalue weighted by molar-refractivity contribution is -0.210. The minimum atomic E-state index is -5.06. The Kier molecular flexibility index (Phi) is 4.25. The summed E-state index contributed by atoms with van der Waals surface area (Å²) in [6.07, 6.45) is -5.19. The van der Waals surface area contributed by atoms with Crippen LogP contribution in [0, 0.1) is 0 Å². The molecule has 0 saturated carbocycles. The van der Waals surface area contributed by atoms with Crippen molar-refractivity contribution >= 4 is 11.9 Å². The first-order valence-electron chi connectivity index (χ1n) is 7.76. The van der Waals surface area contributed by atoms with Gasteiger partial charge in [-0.3, -0.25) is 10.1 Å². The van der Waals surface area contributed by atoms with Crippen LogP contribution in [-0.2, 0) is 22.4 Å². The van der Waals surface area contributed by atoms with Gasteiger partial charge in [-0.15, -0.1) is 0 Å². The molecule has 2 atom stereocenters. The quantitative estimate of drug-likeness (QED) is 0.831. The lowest BCUT2D eigenvalue weighted by atomic mass is 9.87. The van der Waals surface area contributed by atoms with E-state index in [1.807, 2.05) is 19.1 Å². The Labute approximate surface area is 136 Å². The molecule has 24 heavy (non-hydrogen) atoms. The number of rotatable bonds is 2. The van der Waals surface area contributed by atoms with Gasteiger partial charge in [-0.25, -0.2) is 4.79 Å². The van der Waals surface area contributed by atoms with E-state index in [0.717, 1.165) is 11.1 Å². The molecule has 1 fully saturated rings. The summed E-state index contributed by atoms with van der Waals surface area (Å²) < 4.78 is 42.0. The summed E-state index contributed by atoms with van der Waals surface area (Å²) >= 11 is 0. The number of hydrogen-bond acceptors (Lipinski definition) is 4. The van der Waals surface area contributed by atoms with Crippen molar-refractivity contribution in [1.82, 2.24) is 10.2 Å². The molecule has 0 aromatic heterocycles. The van der Waals surface area contributed by atoms with E-state index in [9.17, 15) is 22.8 Å². The van der Waals surface area contributed by atoms with E-state index in [1.165, 1.54) is 4.90 Å². The Bertz CT molecular complexity index is 675. The fourth-order valence-electron chi connectivity index (χ4n) is 3.33. The van der Waals surface area contributed by atoms with Crippen molar-refractivity contribution in [2.24, 2.45) is 0 Å². The minimum absolute atomic E-state index is 0.215. The Hall–Kier alpha value is -2.09. The van der Waals surface area contributed by atoms with E-state index in [0.29, 0.717) is 24.9 Å². The summed E-state index contributed by atoms with van der Waals surface area (Å²) in [7, 11) is 0. The topological polar surface area (TPSA) is 58.6 Å². The Balaban J connectivity index is 1.90. The summed E-state index contributed by atoms with van der Waals surface area (Å²) in [5.74, 6) is -2.46. The third-order valence-electron chi connectivity index (χ3n) is 4.44. The number of nitrogens with zero attached hydrogens (tertiary/aromatic N) is 1. The lowest BCUT2D eigenvalue weighted by Gasteiger charge is -2.44. The highest BCUT2D eigenvalue weighted by molar-refractivity contribution is 5.98. The number of fused-ring (bicyclic) bond motifs is 2. The minimum Gasteiger partial charge on any atom is -0.438 e. The molecule has 1 amide bonds. The highest BCUT2D eigenvalue weighted by Gasteiger charge is 2.47. The molecule has 0 bridgehead atoms. The zero-order chi connectivity index (χ0) is 17.5. The van der Waals surface area contributed by atoms with Crippen molar-refractivity contribution in [3.8, 4) is 0 Å². The number of esters is 1. The van der Waals surface area contributed by atoms with Crippen LogP contribution >= 0.6 is 0 Å². The molecule has 0 radical (unpaired) electrons. The Morgan fingerprint density at radius 3 is 2.83 bits per heavy atom. The van der Waals surface area contributed by atoms with Crippen LogP contribution in [0.4, 0.5) is 13.2 Å². The number of carbonyl (C=O) groups excluding carboxylic acids is 2. The highest BCUT2D eigenvalue weighted by Crippen LogP contribution is 2.30. The number of hydrogen-bond donors (Lipinski definition) is 1. The van der Waals surface area contributed by atoms with E-state index in [1.54, 1.807) is 6.07 Å². The summed E-state index contributed by atoms with van der Waals surface area (Å²) in [6, 6.07) is 4.85. The number of halogens is 3. The number of aryl methyl sites for hydroxylation is 1. The van der Waals surface area contributed by atoms with Gasteiger partial charge < -0.3 is 9.64 Å². The van der Waals surface area contributed by atoms with Crippen molar-refractivity contribution in [3.05, 3.63) is 34.9 Å². The highest BCUT2D eigenvalue weighted by atomic mass is 19.4. The molecule has 1 N–H and O–H groups in total. The van der Waals surface area contributed by atoms with Crippen LogP contribution < -0.4 is 5.32 Å². The van der Waals surface area contributed by atoms with Crippen molar-refractivity contribution in [2.45, 2.75) is 38.2 Å². The van der Waals surface area contributed by atoms with Gasteiger partial charge in [-0.1, -0.05) is 25.1 Å². The number of carbonyl (C=O) groups is 2. The van der Waals surface area contributed by atoms with Gasteiger partial charge in [-0.2, -0.15) is 13.2 Å². The van der Waals surface area contributed by atoms with Crippen LogP contribution in [0.5, 0.6) is 0 Å². The molecule has 1 aromatic rings. The zero-order valence-corrected chi connectivity index (χ0v) is 13.0. The molecular weight excluding hydrogens is 325 g/mol. The molecule has 3 rings (SSSR count). The van der Waals surface area contributed by atoms with E-state index in [2.05, 4.69) is 10.1 Å². The third-order valence-corrected chi connectivity index (χ3v) is 4.44. The first kappa shape index (κ1) is 16.8. The molecule has 2 heterocycles. The SMILES string of the molecule is CCc1cccc2c1C(=O)N1CCNC(OC(=O)C(F)(F)F)[C@H]1C2. The molecule has 1 aromatic carbocycles. The second-order valence-corrected chi connectivity index (χ2v) is 5.85. The second-order valence-electron chi connectivity index (χ2n) is 5.85. The maximum atomic E-state index is 12.8. The molecule has 1 saturated heterocycles. The van der Waals surface area contributed by atoms with Crippen LogP contribution in [0.15, 0.2) is 18.2 Å². The van der Waals surface area contributed by atoms with E-state index in [-0.39, 0.29) is 12.5 Å². The van der Waals surface area contributed by atoms with E-state index < -0.39 is 24.4 Å². The largest absolute Gasteiger partial charge is 0.490 e. The van der Waals surface area contributed by atoms with Gasteiger partial charge in [0.25, 0.3) is 5.91 Å². The van der Waals surface area contributed by atoms with Crippen LogP contribution in [0.1, 0.15) is 28.4 Å². The molecule has 0 spiro atoms. The van der Waals surface area contributed by atoms with Gasteiger partial charge >= 0.3 is 12.1 Å². The summed E-state index contributed by atoms with van der Waals surface area (Å²) in [6.45, 7) is 2.57. The molecule has 130 valence electrons. The zero-order valence-electron chi connectivity index (χ0n) is 13.0. The molecular formula is C16H17F3N2O3. The third kappa shape index (κ3) is 2.86. The van der Waals surface area contributed by atoms with Gasteiger partial charge in [0.05, 0.1) is 6.04 Å². The maximum absolute atomic E-state index is 12.8. The van der Waals surface area contributed by atoms with Crippen LogP contribution in [-0.4, -0.2) is 48.3 Å². The number of piperazine rings is 1. The van der Waals surface area contributed by atoms with Crippen molar-refractivity contribution in [2.75, 3.05) is 13.1 Å². The second kappa shape index (κ2) is 6.08. The van der Waals surface area contributed by atoms with Gasteiger partial charge in [0.1, 0.15) is 0 Å². The summed E-state index contributed by atoms with van der Waals surface area (Å²) in [5.41, 5.74) is 2.31. The average Bonchev–Trinajstić information content (AvgIpc) is 2.54. The Morgan fingerprint density at radius 2 is 2.17 bits per heavy atom. The van der Waals surface area contributed by atoms with Crippen LogP contribution in [0.3, 0.4) is 0 Å². The van der Waals surface area contributed by atoms with Crippen LogP contribution in [0.2, 0.25) is 0 Å². The number of nitrogens with one attached hydrogen (secondary N) is 1. The first-order chi connectivity index (χ1) is 11.3. The molecule has 2 aliphatic heterocycles. The predicted octanol–water partition coefficient (Wildman–Crippen LogP) is 1.65. The predicted molar refractivity (Wildman–Crippen MR) is 78.3 cm³/mol. The van der Waals surface area contributed by atoms with Gasteiger partial charge in [0.15, 0.2) is 6.23 Å². The number of ether oxygens (including phenoxy) is 1. The van der Waals surface area contributed by atoms with E-state index >= 15 is 0 Å². The first-order valence-corrected chi connectivity index (χ1v) is 7.76. The summed E-state index contributed by atoms with van der Waals surface area (Å²) in [5, 5.41) is 2.76. The maximum Gasteiger partial charge on any atom is 0.490 e. The van der Waals surface area contributed by atoms with Crippen molar-refractivity contribution in [3.63, 3.8) is 0 Å². The number of amides is 1. The molecule has 8 heteroatoms. The van der Waals surface area contributed by atoms with Crippen molar-refractivity contribution in [1.29, 1.82) is 0 Å². The smallest absolute Gasteiger partial charge is 0.438 e.